The molecule has 3 fully saturated rings. The van der Waals surface area contributed by atoms with Gasteiger partial charge in [-0.15, -0.1) is 0 Å². The van der Waals surface area contributed by atoms with E-state index in [2.05, 4.69) is 0 Å². The first-order chi connectivity index (χ1) is 11.6. The van der Waals surface area contributed by atoms with Gasteiger partial charge in [0.05, 0.1) is 25.0 Å². The molecule has 0 N–H and O–H groups in total. The Kier molecular flexibility index (Phi) is 5.54. The molecule has 6 nitrogen and oxygen atoms in total. The minimum Gasteiger partial charge on any atom is -0.466 e. The molecular weight excluding hydrogens is 308 g/mol. The van der Waals surface area contributed by atoms with Crippen molar-refractivity contribution >= 4 is 17.8 Å². The van der Waals surface area contributed by atoms with Crippen LogP contribution in [0.15, 0.2) is 0 Å². The van der Waals surface area contributed by atoms with E-state index < -0.39 is 0 Å². The van der Waals surface area contributed by atoms with Crippen molar-refractivity contribution < 1.29 is 19.1 Å². The molecule has 2 amide bonds. The van der Waals surface area contributed by atoms with Crippen molar-refractivity contribution in [2.45, 2.75) is 70.4 Å². The average molecular weight is 336 g/mol. The molecule has 0 aromatic rings. The lowest BCUT2D eigenvalue weighted by Crippen LogP contribution is -2.50. The number of nitrogens with zero attached hydrogens (tertiary/aromatic N) is 2. The quantitative estimate of drug-likeness (QED) is 0.578. The summed E-state index contributed by atoms with van der Waals surface area (Å²) in [6.07, 6.45) is 7.21. The van der Waals surface area contributed by atoms with E-state index in [0.717, 1.165) is 45.1 Å². The van der Waals surface area contributed by atoms with Gasteiger partial charge in [-0.25, -0.2) is 0 Å². The number of piperidine rings is 1. The molecule has 0 radical (unpaired) electrons. The van der Waals surface area contributed by atoms with Gasteiger partial charge in [0.2, 0.25) is 11.8 Å². The van der Waals surface area contributed by atoms with Crippen LogP contribution in [-0.2, 0) is 19.1 Å². The van der Waals surface area contributed by atoms with Crippen LogP contribution in [0.5, 0.6) is 0 Å². The van der Waals surface area contributed by atoms with Crippen LogP contribution in [0.2, 0.25) is 0 Å². The number of likely N-dealkylation sites (tertiary alicyclic amines) is 2. The summed E-state index contributed by atoms with van der Waals surface area (Å²) in [5.74, 6) is -0.431. The van der Waals surface area contributed by atoms with Crippen molar-refractivity contribution in [3.63, 3.8) is 0 Å². The van der Waals surface area contributed by atoms with E-state index in [1.807, 2.05) is 4.90 Å². The van der Waals surface area contributed by atoms with Gasteiger partial charge in [0.25, 0.3) is 0 Å². The molecule has 0 spiro atoms. The van der Waals surface area contributed by atoms with Gasteiger partial charge in [0, 0.05) is 12.6 Å². The van der Waals surface area contributed by atoms with E-state index in [4.69, 9.17) is 4.74 Å². The summed E-state index contributed by atoms with van der Waals surface area (Å²) >= 11 is 0. The second kappa shape index (κ2) is 7.64. The molecule has 3 aliphatic rings. The third kappa shape index (κ3) is 3.48. The molecule has 1 saturated carbocycles. The van der Waals surface area contributed by atoms with E-state index in [-0.39, 0.29) is 42.2 Å². The average Bonchev–Trinajstić information content (AvgIpc) is 2.90. The lowest BCUT2D eigenvalue weighted by atomic mass is 9.94. The molecule has 2 saturated heterocycles. The zero-order chi connectivity index (χ0) is 17.1. The predicted octanol–water partition coefficient (Wildman–Crippen LogP) is 1.72. The summed E-state index contributed by atoms with van der Waals surface area (Å²) < 4.78 is 5.13. The van der Waals surface area contributed by atoms with Crippen LogP contribution in [0.25, 0.3) is 0 Å². The summed E-state index contributed by atoms with van der Waals surface area (Å²) in [5.41, 5.74) is 0. The Labute approximate surface area is 143 Å². The van der Waals surface area contributed by atoms with Gasteiger partial charge in [0.15, 0.2) is 0 Å². The first-order valence-electron chi connectivity index (χ1n) is 9.38. The number of ether oxygens (including phenoxy) is 1. The van der Waals surface area contributed by atoms with E-state index in [1.54, 1.807) is 6.92 Å². The highest BCUT2D eigenvalue weighted by Gasteiger charge is 2.46. The van der Waals surface area contributed by atoms with Gasteiger partial charge < -0.3 is 4.74 Å². The Morgan fingerprint density at radius 2 is 1.88 bits per heavy atom. The number of amides is 2. The van der Waals surface area contributed by atoms with Crippen LogP contribution in [0.4, 0.5) is 0 Å². The highest BCUT2D eigenvalue weighted by molar-refractivity contribution is 6.05. The molecule has 3 rings (SSSR count). The van der Waals surface area contributed by atoms with Gasteiger partial charge in [-0.05, 0) is 39.2 Å². The van der Waals surface area contributed by atoms with Crippen molar-refractivity contribution in [2.24, 2.45) is 5.92 Å². The molecule has 24 heavy (non-hydrogen) atoms. The molecule has 0 bridgehead atoms. The predicted molar refractivity (Wildman–Crippen MR) is 88.1 cm³/mol. The minimum atomic E-state index is -0.378. The molecule has 0 aromatic carbocycles. The number of hydrogen-bond donors (Lipinski definition) is 0. The van der Waals surface area contributed by atoms with Crippen LogP contribution < -0.4 is 0 Å². The Balaban J connectivity index is 1.65. The second-order valence-electron chi connectivity index (χ2n) is 7.20. The van der Waals surface area contributed by atoms with Crippen molar-refractivity contribution in [3.8, 4) is 0 Å². The Morgan fingerprint density at radius 1 is 1.12 bits per heavy atom. The van der Waals surface area contributed by atoms with E-state index in [0.29, 0.717) is 13.2 Å². The van der Waals surface area contributed by atoms with Crippen LogP contribution in [-0.4, -0.2) is 59.4 Å². The highest BCUT2D eigenvalue weighted by atomic mass is 16.5. The smallest absolute Gasteiger partial charge is 0.310 e. The van der Waals surface area contributed by atoms with Gasteiger partial charge >= 0.3 is 5.97 Å². The fraction of sp³-hybridized carbons (Fsp3) is 0.833. The van der Waals surface area contributed by atoms with Crippen LogP contribution in [0, 0.1) is 5.92 Å². The van der Waals surface area contributed by atoms with Crippen molar-refractivity contribution in [1.29, 1.82) is 0 Å². The molecule has 2 atom stereocenters. The minimum absolute atomic E-state index is 0.0323. The molecule has 0 aromatic heterocycles. The Hall–Kier alpha value is -1.43. The fourth-order valence-electron chi connectivity index (χ4n) is 4.38. The number of carbonyl (C=O) groups is 3. The monoisotopic (exact) mass is 336 g/mol. The number of hydrogen-bond acceptors (Lipinski definition) is 5. The maximum Gasteiger partial charge on any atom is 0.310 e. The van der Waals surface area contributed by atoms with Crippen molar-refractivity contribution in [2.75, 3.05) is 19.7 Å². The van der Waals surface area contributed by atoms with Crippen LogP contribution in [0.3, 0.4) is 0 Å². The zero-order valence-corrected chi connectivity index (χ0v) is 14.5. The second-order valence-corrected chi connectivity index (χ2v) is 7.20. The maximum absolute atomic E-state index is 12.9. The number of carbonyl (C=O) groups excluding carboxylic acids is 3. The largest absolute Gasteiger partial charge is 0.466 e. The number of esters is 1. The third-order valence-corrected chi connectivity index (χ3v) is 5.61. The molecule has 134 valence electrons. The van der Waals surface area contributed by atoms with Crippen LogP contribution in [0.1, 0.15) is 58.3 Å². The Morgan fingerprint density at radius 3 is 2.58 bits per heavy atom. The number of rotatable bonds is 4. The molecule has 1 aliphatic carbocycles. The lowest BCUT2D eigenvalue weighted by molar-refractivity contribution is -0.151. The topological polar surface area (TPSA) is 66.9 Å². The van der Waals surface area contributed by atoms with Crippen LogP contribution >= 0.6 is 0 Å². The van der Waals surface area contributed by atoms with Gasteiger partial charge in [-0.3, -0.25) is 24.2 Å². The maximum atomic E-state index is 12.9. The summed E-state index contributed by atoms with van der Waals surface area (Å²) in [4.78, 5) is 40.9. The van der Waals surface area contributed by atoms with E-state index >= 15 is 0 Å². The third-order valence-electron chi connectivity index (χ3n) is 5.61. The van der Waals surface area contributed by atoms with E-state index in [9.17, 15) is 14.4 Å². The van der Waals surface area contributed by atoms with E-state index in [1.165, 1.54) is 11.3 Å². The molecule has 2 heterocycles. The number of imide groups is 1. The summed E-state index contributed by atoms with van der Waals surface area (Å²) in [6, 6.07) is -0.286. The normalized spacial score (nSPS) is 30.0. The summed E-state index contributed by atoms with van der Waals surface area (Å²) in [5, 5.41) is 0. The Bertz CT molecular complexity index is 501. The molecule has 0 unspecified atom stereocenters. The van der Waals surface area contributed by atoms with Gasteiger partial charge in [0.1, 0.15) is 0 Å². The molecule has 6 heteroatoms. The fourth-order valence-corrected chi connectivity index (χ4v) is 4.38. The summed E-state index contributed by atoms with van der Waals surface area (Å²) in [7, 11) is 0. The SMILES string of the molecule is CCOC(=O)[C@H]1CCCN([C@@H]2CC(=O)N(C3CCCCC3)C2=O)C1. The molecular formula is C18H28N2O4. The van der Waals surface area contributed by atoms with Crippen molar-refractivity contribution in [3.05, 3.63) is 0 Å². The lowest BCUT2D eigenvalue weighted by Gasteiger charge is -2.35. The first-order valence-corrected chi connectivity index (χ1v) is 9.38. The molecule has 2 aliphatic heterocycles. The highest BCUT2D eigenvalue weighted by Crippen LogP contribution is 2.31. The zero-order valence-electron chi connectivity index (χ0n) is 14.5. The first kappa shape index (κ1) is 17.4. The van der Waals surface area contributed by atoms with Gasteiger partial charge in [-0.2, -0.15) is 0 Å². The van der Waals surface area contributed by atoms with Crippen molar-refractivity contribution in [1.82, 2.24) is 9.80 Å². The standard InChI is InChI=1S/C18H28N2O4/c1-2-24-18(23)13-7-6-10-19(12-13)15-11-16(21)20(17(15)22)14-8-4-3-5-9-14/h13-15H,2-12H2,1H3/t13-,15+/m0/s1. The van der Waals surface area contributed by atoms with Gasteiger partial charge in [-0.1, -0.05) is 19.3 Å². The summed E-state index contributed by atoms with van der Waals surface area (Å²) in [6.45, 7) is 3.49.